The maximum atomic E-state index is 11.7. The number of aliphatic hydroxyl groups excluding tert-OH is 3. The summed E-state index contributed by atoms with van der Waals surface area (Å²) >= 11 is 0. The van der Waals surface area contributed by atoms with Gasteiger partial charge in [0, 0.05) is 11.8 Å². The zero-order valence-corrected chi connectivity index (χ0v) is 19.0. The molecular formula is C24H48O5. The topological polar surface area (TPSA) is 87.0 Å². The first-order chi connectivity index (χ1) is 14.1. The molecule has 0 aliphatic heterocycles. The van der Waals surface area contributed by atoms with E-state index in [-0.39, 0.29) is 38.8 Å². The molecule has 29 heavy (non-hydrogen) atoms. The third-order valence-corrected chi connectivity index (χ3v) is 5.89. The summed E-state index contributed by atoms with van der Waals surface area (Å²) < 4.78 is 5.15. The lowest BCUT2D eigenvalue weighted by Crippen LogP contribution is -2.35. The van der Waals surface area contributed by atoms with E-state index in [9.17, 15) is 20.1 Å². The number of aliphatic hydroxyl groups is 3. The van der Waals surface area contributed by atoms with Gasteiger partial charge in [0.1, 0.15) is 0 Å². The Bertz CT molecular complexity index is 347. The number of hydrogen-bond acceptors (Lipinski definition) is 5. The predicted octanol–water partition coefficient (Wildman–Crippen LogP) is 5.14. The van der Waals surface area contributed by atoms with Gasteiger partial charge < -0.3 is 20.1 Å². The molecular weight excluding hydrogens is 368 g/mol. The van der Waals surface area contributed by atoms with Gasteiger partial charge in [0.15, 0.2) is 0 Å². The third-order valence-electron chi connectivity index (χ3n) is 5.89. The first kappa shape index (κ1) is 28.4. The van der Waals surface area contributed by atoms with Gasteiger partial charge in [-0.25, -0.2) is 0 Å². The van der Waals surface area contributed by atoms with Crippen LogP contribution in [0.5, 0.6) is 0 Å². The van der Waals surface area contributed by atoms with E-state index >= 15 is 0 Å². The molecule has 0 radical (unpaired) electrons. The molecule has 0 spiro atoms. The lowest BCUT2D eigenvalue weighted by molar-refractivity contribution is -0.145. The van der Waals surface area contributed by atoms with Gasteiger partial charge in [-0.3, -0.25) is 4.79 Å². The van der Waals surface area contributed by atoms with Gasteiger partial charge in [-0.1, -0.05) is 96.8 Å². The first-order valence-corrected chi connectivity index (χ1v) is 12.1. The molecule has 5 nitrogen and oxygen atoms in total. The fourth-order valence-electron chi connectivity index (χ4n) is 3.48. The van der Waals surface area contributed by atoms with Gasteiger partial charge in [0.25, 0.3) is 0 Å². The third kappa shape index (κ3) is 16.8. The Labute approximate surface area is 179 Å². The number of carbonyl (C=O) groups excluding carboxylic acids is 1. The van der Waals surface area contributed by atoms with Crippen molar-refractivity contribution >= 4 is 5.97 Å². The molecule has 0 atom stereocenters. The Morgan fingerprint density at radius 3 is 1.41 bits per heavy atom. The van der Waals surface area contributed by atoms with Crippen LogP contribution in [0.1, 0.15) is 116 Å². The van der Waals surface area contributed by atoms with Gasteiger partial charge >= 0.3 is 5.97 Å². The van der Waals surface area contributed by atoms with Crippen molar-refractivity contribution in [2.24, 2.45) is 5.41 Å². The van der Waals surface area contributed by atoms with Gasteiger partial charge in [-0.15, -0.1) is 0 Å². The summed E-state index contributed by atoms with van der Waals surface area (Å²) in [6.07, 6.45) is 20.1. The number of ether oxygens (including phenoxy) is 1. The minimum atomic E-state index is -0.963. The maximum absolute atomic E-state index is 11.7. The Morgan fingerprint density at radius 1 is 0.655 bits per heavy atom. The van der Waals surface area contributed by atoms with Crippen LogP contribution in [0, 0.1) is 5.41 Å². The van der Waals surface area contributed by atoms with Crippen LogP contribution in [0.15, 0.2) is 0 Å². The van der Waals surface area contributed by atoms with E-state index in [4.69, 9.17) is 4.74 Å². The lowest BCUT2D eigenvalue weighted by atomic mass is 9.88. The zero-order valence-electron chi connectivity index (χ0n) is 19.0. The molecule has 174 valence electrons. The van der Waals surface area contributed by atoms with Crippen molar-refractivity contribution in [2.45, 2.75) is 116 Å². The van der Waals surface area contributed by atoms with E-state index in [1.807, 2.05) is 0 Å². The minimum Gasteiger partial charge on any atom is -0.466 e. The van der Waals surface area contributed by atoms with E-state index in [0.29, 0.717) is 6.42 Å². The molecule has 0 aliphatic rings. The van der Waals surface area contributed by atoms with Crippen molar-refractivity contribution in [3.05, 3.63) is 0 Å². The molecule has 0 fully saturated rings. The van der Waals surface area contributed by atoms with Crippen LogP contribution in [0.3, 0.4) is 0 Å². The quantitative estimate of drug-likeness (QED) is 0.168. The molecule has 5 heteroatoms. The van der Waals surface area contributed by atoms with Crippen LogP contribution in [-0.2, 0) is 9.53 Å². The largest absolute Gasteiger partial charge is 0.466 e. The molecule has 0 aromatic carbocycles. The zero-order chi connectivity index (χ0) is 21.6. The summed E-state index contributed by atoms with van der Waals surface area (Å²) in [6, 6.07) is 0. The molecule has 0 aliphatic carbocycles. The second-order valence-electron chi connectivity index (χ2n) is 8.64. The van der Waals surface area contributed by atoms with E-state index in [1.54, 1.807) is 0 Å². The first-order valence-electron chi connectivity index (χ1n) is 12.1. The lowest BCUT2D eigenvalue weighted by Gasteiger charge is -2.26. The van der Waals surface area contributed by atoms with Gasteiger partial charge in [-0.2, -0.15) is 0 Å². The molecule has 0 saturated heterocycles. The summed E-state index contributed by atoms with van der Waals surface area (Å²) in [6.45, 7) is 1.42. The number of rotatable bonds is 22. The van der Waals surface area contributed by atoms with Crippen molar-refractivity contribution in [3.63, 3.8) is 0 Å². The monoisotopic (exact) mass is 416 g/mol. The van der Waals surface area contributed by atoms with E-state index in [2.05, 4.69) is 6.92 Å². The fourth-order valence-corrected chi connectivity index (χ4v) is 3.48. The van der Waals surface area contributed by atoms with E-state index in [0.717, 1.165) is 12.8 Å². The number of hydrogen-bond donors (Lipinski definition) is 3. The highest BCUT2D eigenvalue weighted by atomic mass is 16.5. The standard InChI is InChI=1S/C24H48O5/c1-2-3-4-5-6-7-8-9-10-11-12-13-14-15-16-17-23(28)29-19-18-24(20-25,21-26)22-27/h25-27H,2-22H2,1H3. The van der Waals surface area contributed by atoms with E-state index in [1.165, 1.54) is 83.5 Å². The Morgan fingerprint density at radius 2 is 1.03 bits per heavy atom. The smallest absolute Gasteiger partial charge is 0.305 e. The second kappa shape index (κ2) is 20.6. The maximum Gasteiger partial charge on any atom is 0.305 e. The van der Waals surface area contributed by atoms with E-state index < -0.39 is 5.41 Å². The van der Waals surface area contributed by atoms with Crippen molar-refractivity contribution in [1.29, 1.82) is 0 Å². The van der Waals surface area contributed by atoms with Crippen molar-refractivity contribution in [2.75, 3.05) is 26.4 Å². The highest BCUT2D eigenvalue weighted by molar-refractivity contribution is 5.69. The van der Waals surface area contributed by atoms with Crippen LogP contribution in [0.25, 0.3) is 0 Å². The van der Waals surface area contributed by atoms with Crippen molar-refractivity contribution in [1.82, 2.24) is 0 Å². The molecule has 0 unspecified atom stereocenters. The average molecular weight is 417 g/mol. The number of carbonyl (C=O) groups is 1. The summed E-state index contributed by atoms with van der Waals surface area (Å²) in [4.78, 5) is 11.7. The van der Waals surface area contributed by atoms with Crippen LogP contribution in [-0.4, -0.2) is 47.7 Å². The Kier molecular flexibility index (Phi) is 20.2. The number of esters is 1. The fraction of sp³-hybridized carbons (Fsp3) is 0.958. The molecule has 0 heterocycles. The van der Waals surface area contributed by atoms with Gasteiger partial charge in [0.2, 0.25) is 0 Å². The molecule has 0 rings (SSSR count). The van der Waals surface area contributed by atoms with Gasteiger partial charge in [0.05, 0.1) is 26.4 Å². The number of unbranched alkanes of at least 4 members (excludes halogenated alkanes) is 14. The average Bonchev–Trinajstić information content (AvgIpc) is 2.74. The highest BCUT2D eigenvalue weighted by Crippen LogP contribution is 2.20. The molecule has 0 aromatic rings. The second-order valence-corrected chi connectivity index (χ2v) is 8.64. The van der Waals surface area contributed by atoms with Crippen LogP contribution >= 0.6 is 0 Å². The van der Waals surface area contributed by atoms with Crippen molar-refractivity contribution < 1.29 is 24.9 Å². The summed E-state index contributed by atoms with van der Waals surface area (Å²) in [5.41, 5.74) is -0.963. The normalized spacial score (nSPS) is 11.7. The molecule has 0 amide bonds. The van der Waals surface area contributed by atoms with Crippen LogP contribution < -0.4 is 0 Å². The van der Waals surface area contributed by atoms with Gasteiger partial charge in [-0.05, 0) is 12.8 Å². The Balaban J connectivity index is 3.35. The summed E-state index contributed by atoms with van der Waals surface area (Å²) in [5, 5.41) is 27.7. The van der Waals surface area contributed by atoms with Crippen LogP contribution in [0.2, 0.25) is 0 Å². The van der Waals surface area contributed by atoms with Crippen molar-refractivity contribution in [3.8, 4) is 0 Å². The minimum absolute atomic E-state index is 0.124. The van der Waals surface area contributed by atoms with Crippen LogP contribution in [0.4, 0.5) is 0 Å². The molecule has 0 aromatic heterocycles. The predicted molar refractivity (Wildman–Crippen MR) is 119 cm³/mol. The summed E-state index contributed by atoms with van der Waals surface area (Å²) in [5.74, 6) is -0.234. The SMILES string of the molecule is CCCCCCCCCCCCCCCCCC(=O)OCCC(CO)(CO)CO. The highest BCUT2D eigenvalue weighted by Gasteiger charge is 2.28. The Hall–Kier alpha value is -0.650. The summed E-state index contributed by atoms with van der Waals surface area (Å²) in [7, 11) is 0. The molecule has 0 saturated carbocycles. The molecule has 3 N–H and O–H groups in total. The molecule has 0 bridgehead atoms.